The van der Waals surface area contributed by atoms with Crippen LogP contribution in [-0.4, -0.2) is 25.7 Å². The predicted octanol–water partition coefficient (Wildman–Crippen LogP) is 3.02. The van der Waals surface area contributed by atoms with Gasteiger partial charge in [-0.1, -0.05) is 24.3 Å². The Morgan fingerprint density at radius 3 is 2.71 bits per heavy atom. The summed E-state index contributed by atoms with van der Waals surface area (Å²) in [6.07, 6.45) is 0. The molecule has 1 aliphatic heterocycles. The van der Waals surface area contributed by atoms with E-state index >= 15 is 0 Å². The number of ether oxygens (including phenoxy) is 3. The topological polar surface area (TPSA) is 56.8 Å². The molecule has 24 heavy (non-hydrogen) atoms. The summed E-state index contributed by atoms with van der Waals surface area (Å²) in [7, 11) is 0. The van der Waals surface area contributed by atoms with Crippen molar-refractivity contribution in [2.75, 3.05) is 19.8 Å². The molecule has 5 nitrogen and oxygen atoms in total. The third-order valence-corrected chi connectivity index (χ3v) is 3.90. The van der Waals surface area contributed by atoms with Crippen molar-refractivity contribution in [3.63, 3.8) is 0 Å². The van der Waals surface area contributed by atoms with Gasteiger partial charge in [0.1, 0.15) is 19.0 Å². The van der Waals surface area contributed by atoms with E-state index in [0.717, 1.165) is 28.4 Å². The van der Waals surface area contributed by atoms with Crippen LogP contribution in [0.3, 0.4) is 0 Å². The molecular formula is C19H21NO4. The van der Waals surface area contributed by atoms with Gasteiger partial charge < -0.3 is 19.5 Å². The summed E-state index contributed by atoms with van der Waals surface area (Å²) in [5, 5.41) is 2.93. The zero-order chi connectivity index (χ0) is 16.9. The number of hydrogen-bond acceptors (Lipinski definition) is 4. The Kier molecular flexibility index (Phi) is 4.89. The smallest absolute Gasteiger partial charge is 0.258 e. The summed E-state index contributed by atoms with van der Waals surface area (Å²) in [4.78, 5) is 12.1. The second-order valence-corrected chi connectivity index (χ2v) is 5.75. The zero-order valence-electron chi connectivity index (χ0n) is 13.9. The first-order chi connectivity index (χ1) is 11.6. The van der Waals surface area contributed by atoms with Gasteiger partial charge in [0.25, 0.3) is 5.91 Å². The largest absolute Gasteiger partial charge is 0.486 e. The maximum atomic E-state index is 12.1. The summed E-state index contributed by atoms with van der Waals surface area (Å²) in [5.74, 6) is 2.02. The highest BCUT2D eigenvalue weighted by Crippen LogP contribution is 2.32. The maximum absolute atomic E-state index is 12.1. The van der Waals surface area contributed by atoms with E-state index in [2.05, 4.69) is 5.32 Å². The molecule has 3 rings (SSSR count). The molecular weight excluding hydrogens is 306 g/mol. The van der Waals surface area contributed by atoms with Crippen molar-refractivity contribution in [3.8, 4) is 17.2 Å². The minimum absolute atomic E-state index is 0.0141. The number of rotatable bonds is 5. The summed E-state index contributed by atoms with van der Waals surface area (Å²) in [6, 6.07) is 13.2. The van der Waals surface area contributed by atoms with Crippen molar-refractivity contribution in [2.24, 2.45) is 0 Å². The van der Waals surface area contributed by atoms with Crippen molar-refractivity contribution in [1.29, 1.82) is 0 Å². The summed E-state index contributed by atoms with van der Waals surface area (Å²) < 4.78 is 16.7. The third kappa shape index (κ3) is 3.79. The molecule has 1 amide bonds. The van der Waals surface area contributed by atoms with E-state index in [1.165, 1.54) is 0 Å². The number of fused-ring (bicyclic) bond motifs is 1. The Labute approximate surface area is 141 Å². The van der Waals surface area contributed by atoms with Crippen LogP contribution in [0.4, 0.5) is 0 Å². The van der Waals surface area contributed by atoms with E-state index in [9.17, 15) is 4.79 Å². The first-order valence-corrected chi connectivity index (χ1v) is 8.01. The van der Waals surface area contributed by atoms with Gasteiger partial charge in [0.05, 0.1) is 6.04 Å². The van der Waals surface area contributed by atoms with Gasteiger partial charge in [-0.15, -0.1) is 0 Å². The van der Waals surface area contributed by atoms with Gasteiger partial charge in [0.2, 0.25) is 0 Å². The van der Waals surface area contributed by atoms with Gasteiger partial charge >= 0.3 is 0 Å². The highest BCUT2D eigenvalue weighted by atomic mass is 16.6. The standard InChI is InChI=1S/C19H21NO4/c1-13-5-3-4-6-16(13)24-12-19(21)20-14(2)15-7-8-17-18(11-15)23-10-9-22-17/h3-8,11,14H,9-10,12H2,1-2H3,(H,20,21)/t14-/m0/s1. The highest BCUT2D eigenvalue weighted by molar-refractivity contribution is 5.78. The number of amides is 1. The summed E-state index contributed by atoms with van der Waals surface area (Å²) >= 11 is 0. The minimum Gasteiger partial charge on any atom is -0.486 e. The molecule has 1 atom stereocenters. The van der Waals surface area contributed by atoms with Crippen LogP contribution in [0.25, 0.3) is 0 Å². The van der Waals surface area contributed by atoms with E-state index in [1.54, 1.807) is 0 Å². The fourth-order valence-electron chi connectivity index (χ4n) is 2.56. The van der Waals surface area contributed by atoms with E-state index in [0.29, 0.717) is 13.2 Å². The average Bonchev–Trinajstić information content (AvgIpc) is 2.60. The Morgan fingerprint density at radius 2 is 1.92 bits per heavy atom. The average molecular weight is 327 g/mol. The number of carbonyl (C=O) groups excluding carboxylic acids is 1. The number of aryl methyl sites for hydroxylation is 1. The van der Waals surface area contributed by atoms with Crippen molar-refractivity contribution >= 4 is 5.91 Å². The molecule has 2 aromatic rings. The van der Waals surface area contributed by atoms with Crippen molar-refractivity contribution in [3.05, 3.63) is 53.6 Å². The van der Waals surface area contributed by atoms with Gasteiger partial charge in [-0.2, -0.15) is 0 Å². The van der Waals surface area contributed by atoms with Crippen molar-refractivity contribution in [1.82, 2.24) is 5.32 Å². The fourth-order valence-corrected chi connectivity index (χ4v) is 2.56. The molecule has 126 valence electrons. The van der Waals surface area contributed by atoms with Crippen LogP contribution < -0.4 is 19.5 Å². The molecule has 5 heteroatoms. The van der Waals surface area contributed by atoms with Gasteiger partial charge in [-0.25, -0.2) is 0 Å². The molecule has 2 aromatic carbocycles. The number of carbonyl (C=O) groups is 1. The van der Waals surface area contributed by atoms with Crippen LogP contribution in [0.1, 0.15) is 24.1 Å². The summed E-state index contributed by atoms with van der Waals surface area (Å²) in [5.41, 5.74) is 1.97. The maximum Gasteiger partial charge on any atom is 0.258 e. The van der Waals surface area contributed by atoms with Gasteiger partial charge in [-0.3, -0.25) is 4.79 Å². The Morgan fingerprint density at radius 1 is 1.17 bits per heavy atom. The van der Waals surface area contributed by atoms with Gasteiger partial charge in [0.15, 0.2) is 18.1 Å². The molecule has 0 bridgehead atoms. The third-order valence-electron chi connectivity index (χ3n) is 3.90. The Balaban J connectivity index is 1.57. The van der Waals surface area contributed by atoms with E-state index in [1.807, 2.05) is 56.3 Å². The van der Waals surface area contributed by atoms with Crippen LogP contribution in [0, 0.1) is 6.92 Å². The van der Waals surface area contributed by atoms with E-state index < -0.39 is 0 Å². The highest BCUT2D eigenvalue weighted by Gasteiger charge is 2.16. The lowest BCUT2D eigenvalue weighted by molar-refractivity contribution is -0.123. The van der Waals surface area contributed by atoms with Crippen LogP contribution in [0.2, 0.25) is 0 Å². The lowest BCUT2D eigenvalue weighted by Gasteiger charge is -2.21. The number of hydrogen-bond donors (Lipinski definition) is 1. The molecule has 0 fully saturated rings. The van der Waals surface area contributed by atoms with Crippen molar-refractivity contribution in [2.45, 2.75) is 19.9 Å². The lowest BCUT2D eigenvalue weighted by atomic mass is 10.1. The molecule has 1 heterocycles. The first kappa shape index (κ1) is 16.2. The second kappa shape index (κ2) is 7.25. The molecule has 0 saturated heterocycles. The monoisotopic (exact) mass is 327 g/mol. The van der Waals surface area contributed by atoms with E-state index in [4.69, 9.17) is 14.2 Å². The van der Waals surface area contributed by atoms with Gasteiger partial charge in [-0.05, 0) is 43.2 Å². The fraction of sp³-hybridized carbons (Fsp3) is 0.316. The lowest BCUT2D eigenvalue weighted by Crippen LogP contribution is -2.31. The van der Waals surface area contributed by atoms with Crippen LogP contribution in [0.15, 0.2) is 42.5 Å². The number of para-hydroxylation sites is 1. The molecule has 0 aliphatic carbocycles. The molecule has 1 aliphatic rings. The van der Waals surface area contributed by atoms with Gasteiger partial charge in [0, 0.05) is 0 Å². The van der Waals surface area contributed by atoms with Crippen LogP contribution >= 0.6 is 0 Å². The first-order valence-electron chi connectivity index (χ1n) is 8.01. The molecule has 0 radical (unpaired) electrons. The minimum atomic E-state index is -0.166. The molecule has 0 unspecified atom stereocenters. The molecule has 1 N–H and O–H groups in total. The normalized spacial score (nSPS) is 13.9. The van der Waals surface area contributed by atoms with Crippen LogP contribution in [0.5, 0.6) is 17.2 Å². The SMILES string of the molecule is Cc1ccccc1OCC(=O)N[C@@H](C)c1ccc2c(c1)OCCO2. The number of nitrogens with one attached hydrogen (secondary N) is 1. The Bertz CT molecular complexity index is 729. The van der Waals surface area contributed by atoms with Crippen molar-refractivity contribution < 1.29 is 19.0 Å². The Hall–Kier alpha value is -2.69. The quantitative estimate of drug-likeness (QED) is 0.917. The molecule has 0 aromatic heterocycles. The molecule has 0 spiro atoms. The summed E-state index contributed by atoms with van der Waals surface area (Å²) in [6.45, 7) is 4.97. The predicted molar refractivity (Wildman–Crippen MR) is 90.7 cm³/mol. The van der Waals surface area contributed by atoms with Crippen LogP contribution in [-0.2, 0) is 4.79 Å². The second-order valence-electron chi connectivity index (χ2n) is 5.75. The van der Waals surface area contributed by atoms with E-state index in [-0.39, 0.29) is 18.6 Å². The molecule has 0 saturated carbocycles. The zero-order valence-corrected chi connectivity index (χ0v) is 13.9. The number of benzene rings is 2.